The summed E-state index contributed by atoms with van der Waals surface area (Å²) in [6.45, 7) is 7.23. The second-order valence-electron chi connectivity index (χ2n) is 8.34. The number of anilines is 2. The van der Waals surface area contributed by atoms with Gasteiger partial charge in [-0.3, -0.25) is 14.9 Å². The fourth-order valence-corrected chi connectivity index (χ4v) is 3.84. The van der Waals surface area contributed by atoms with E-state index < -0.39 is 21.9 Å². The van der Waals surface area contributed by atoms with Crippen LogP contribution in [0.5, 0.6) is 0 Å². The van der Waals surface area contributed by atoms with Crippen molar-refractivity contribution < 1.29 is 13.7 Å². The largest absolute Gasteiger partial charge is 0.420 e. The van der Waals surface area contributed by atoms with Gasteiger partial charge >= 0.3 is 5.63 Å². The summed E-state index contributed by atoms with van der Waals surface area (Å²) >= 11 is 0. The molecule has 1 saturated carbocycles. The van der Waals surface area contributed by atoms with Crippen LogP contribution in [0.4, 0.5) is 21.5 Å². The van der Waals surface area contributed by atoms with Crippen LogP contribution in [0.1, 0.15) is 43.9 Å². The molecule has 4 aromatic rings. The van der Waals surface area contributed by atoms with Gasteiger partial charge in [-0.25, -0.2) is 13.9 Å². The van der Waals surface area contributed by atoms with Crippen LogP contribution in [0.15, 0.2) is 56.5 Å². The molecule has 0 amide bonds. The van der Waals surface area contributed by atoms with Gasteiger partial charge in [0.2, 0.25) is 0 Å². The van der Waals surface area contributed by atoms with E-state index in [9.17, 15) is 24.1 Å². The second-order valence-corrected chi connectivity index (χ2v) is 8.34. The zero-order valence-corrected chi connectivity index (χ0v) is 20.3. The molecule has 1 fully saturated rings. The molecular formula is C26H25FN4O5. The van der Waals surface area contributed by atoms with Crippen molar-refractivity contribution in [1.29, 1.82) is 0 Å². The summed E-state index contributed by atoms with van der Waals surface area (Å²) in [5, 5.41) is 18.7. The first-order valence-corrected chi connectivity index (χ1v) is 11.6. The Morgan fingerprint density at radius 2 is 1.86 bits per heavy atom. The van der Waals surface area contributed by atoms with Gasteiger partial charge in [0.05, 0.1) is 27.9 Å². The topological polar surface area (TPSA) is 120 Å². The minimum atomic E-state index is -0.737. The van der Waals surface area contributed by atoms with E-state index >= 15 is 0 Å². The molecule has 186 valence electrons. The molecule has 2 heterocycles. The van der Waals surface area contributed by atoms with E-state index in [0.29, 0.717) is 11.1 Å². The Morgan fingerprint density at radius 3 is 2.50 bits per heavy atom. The number of hydrogen-bond donors (Lipinski definition) is 1. The summed E-state index contributed by atoms with van der Waals surface area (Å²) in [6.07, 6.45) is 1.50. The monoisotopic (exact) mass is 492 g/mol. The number of hydrogen-bond acceptors (Lipinski definition) is 7. The summed E-state index contributed by atoms with van der Waals surface area (Å²) < 4.78 is 21.4. The van der Waals surface area contributed by atoms with Gasteiger partial charge in [-0.2, -0.15) is 5.10 Å². The van der Waals surface area contributed by atoms with Crippen molar-refractivity contribution in [3.63, 3.8) is 0 Å². The van der Waals surface area contributed by atoms with Crippen LogP contribution in [0, 0.1) is 29.8 Å². The van der Waals surface area contributed by atoms with Crippen molar-refractivity contribution in [2.24, 2.45) is 0 Å². The molecule has 2 aromatic heterocycles. The van der Waals surface area contributed by atoms with E-state index in [1.54, 1.807) is 19.1 Å². The summed E-state index contributed by atoms with van der Waals surface area (Å²) in [7, 11) is 0. The van der Waals surface area contributed by atoms with Gasteiger partial charge in [0, 0.05) is 17.7 Å². The molecule has 1 aliphatic carbocycles. The highest BCUT2D eigenvalue weighted by atomic mass is 19.1. The molecule has 2 aromatic carbocycles. The molecule has 10 heteroatoms. The normalized spacial score (nSPS) is 12.7. The molecule has 0 atom stereocenters. The lowest BCUT2D eigenvalue weighted by Gasteiger charge is -2.15. The minimum absolute atomic E-state index is 0.0282. The summed E-state index contributed by atoms with van der Waals surface area (Å²) in [5.74, 6) is -0.545. The van der Waals surface area contributed by atoms with Gasteiger partial charge < -0.3 is 9.73 Å². The minimum Gasteiger partial charge on any atom is -0.420 e. The molecular weight excluding hydrogens is 467 g/mol. The molecule has 0 radical (unpaired) electrons. The quantitative estimate of drug-likeness (QED) is 0.277. The van der Waals surface area contributed by atoms with E-state index in [0.717, 1.165) is 12.8 Å². The van der Waals surface area contributed by atoms with Gasteiger partial charge in [0.1, 0.15) is 16.9 Å². The third-order valence-corrected chi connectivity index (χ3v) is 5.81. The SMILES string of the molecule is CC.Cc1ccc(Nc2c(C)c(=O)oc3c(-c4cccc([N+](=O)[O-])c4)nn(C4CC4)c(=O)c23)c(F)c1. The fourth-order valence-electron chi connectivity index (χ4n) is 3.84. The molecule has 9 nitrogen and oxygen atoms in total. The van der Waals surface area contributed by atoms with Gasteiger partial charge in [0.25, 0.3) is 11.2 Å². The van der Waals surface area contributed by atoms with Crippen molar-refractivity contribution in [1.82, 2.24) is 9.78 Å². The maximum Gasteiger partial charge on any atom is 0.341 e. The number of nitro benzene ring substituents is 1. The van der Waals surface area contributed by atoms with E-state index in [4.69, 9.17) is 4.42 Å². The standard InChI is InChI=1S/C24H19FN4O5.C2H6/c1-12-6-9-18(17(25)10-12)26-20-13(2)24(31)34-22-19(20)23(30)28(15-7-8-15)27-21(22)14-4-3-5-16(11-14)29(32)33;1-2/h3-6,9-11,15,26H,7-8H2,1-2H3;1-2H3. The predicted molar refractivity (Wildman–Crippen MR) is 135 cm³/mol. The molecule has 0 unspecified atom stereocenters. The number of nitrogens with zero attached hydrogens (tertiary/aromatic N) is 3. The van der Waals surface area contributed by atoms with Crippen LogP contribution >= 0.6 is 0 Å². The average molecular weight is 493 g/mol. The van der Waals surface area contributed by atoms with E-state index in [-0.39, 0.29) is 45.3 Å². The third kappa shape index (κ3) is 4.49. The number of benzene rings is 2. The first kappa shape index (κ1) is 24.8. The average Bonchev–Trinajstić information content (AvgIpc) is 3.70. The molecule has 0 spiro atoms. The Morgan fingerprint density at radius 1 is 1.14 bits per heavy atom. The third-order valence-electron chi connectivity index (χ3n) is 5.81. The second kappa shape index (κ2) is 9.73. The summed E-state index contributed by atoms with van der Waals surface area (Å²) in [4.78, 5) is 37.0. The van der Waals surface area contributed by atoms with Gasteiger partial charge in [-0.05, 0) is 44.4 Å². The molecule has 1 N–H and O–H groups in total. The Bertz CT molecular complexity index is 1600. The van der Waals surface area contributed by atoms with Crippen molar-refractivity contribution >= 4 is 28.0 Å². The molecule has 5 rings (SSSR count). The highest BCUT2D eigenvalue weighted by Crippen LogP contribution is 2.37. The van der Waals surface area contributed by atoms with Crippen molar-refractivity contribution in [2.75, 3.05) is 5.32 Å². The lowest BCUT2D eigenvalue weighted by atomic mass is 10.1. The number of nitro groups is 1. The first-order valence-electron chi connectivity index (χ1n) is 11.6. The number of nitrogens with one attached hydrogen (secondary N) is 1. The lowest BCUT2D eigenvalue weighted by molar-refractivity contribution is -0.384. The van der Waals surface area contributed by atoms with Crippen LogP contribution in [-0.2, 0) is 0 Å². The number of non-ortho nitro benzene ring substituents is 1. The van der Waals surface area contributed by atoms with Crippen molar-refractivity contribution in [3.8, 4) is 11.3 Å². The molecule has 36 heavy (non-hydrogen) atoms. The summed E-state index contributed by atoms with van der Waals surface area (Å²) in [5.41, 5.74) is -0.0715. The fraction of sp³-hybridized carbons (Fsp3) is 0.269. The molecule has 0 aliphatic heterocycles. The van der Waals surface area contributed by atoms with Crippen LogP contribution < -0.4 is 16.5 Å². The van der Waals surface area contributed by atoms with Crippen LogP contribution in [0.2, 0.25) is 0 Å². The Labute approximate surface area is 205 Å². The lowest BCUT2D eigenvalue weighted by Crippen LogP contribution is -2.25. The number of aryl methyl sites for hydroxylation is 1. The van der Waals surface area contributed by atoms with Crippen LogP contribution in [-0.4, -0.2) is 14.7 Å². The number of rotatable bonds is 5. The Kier molecular flexibility index (Phi) is 6.69. The predicted octanol–water partition coefficient (Wildman–Crippen LogP) is 5.79. The van der Waals surface area contributed by atoms with Crippen molar-refractivity contribution in [2.45, 2.75) is 46.6 Å². The van der Waals surface area contributed by atoms with Crippen LogP contribution in [0.25, 0.3) is 22.2 Å². The number of aromatic nitrogens is 2. The number of fused-ring (bicyclic) bond motifs is 1. The van der Waals surface area contributed by atoms with E-state index in [1.807, 2.05) is 13.8 Å². The Balaban J connectivity index is 0.00000148. The molecule has 0 bridgehead atoms. The van der Waals surface area contributed by atoms with Gasteiger partial charge in [-0.1, -0.05) is 32.0 Å². The highest BCUT2D eigenvalue weighted by molar-refractivity contribution is 5.99. The highest BCUT2D eigenvalue weighted by Gasteiger charge is 2.30. The van der Waals surface area contributed by atoms with Gasteiger partial charge in [0.15, 0.2) is 5.58 Å². The Hall–Kier alpha value is -4.34. The van der Waals surface area contributed by atoms with Crippen LogP contribution in [0.3, 0.4) is 0 Å². The maximum absolute atomic E-state index is 14.6. The zero-order valence-electron chi connectivity index (χ0n) is 20.3. The smallest absolute Gasteiger partial charge is 0.341 e. The van der Waals surface area contributed by atoms with Gasteiger partial charge in [-0.15, -0.1) is 0 Å². The molecule has 1 aliphatic rings. The summed E-state index contributed by atoms with van der Waals surface area (Å²) in [6, 6.07) is 10.1. The maximum atomic E-state index is 14.6. The first-order chi connectivity index (χ1) is 17.2. The van der Waals surface area contributed by atoms with E-state index in [1.165, 1.54) is 41.9 Å². The zero-order chi connectivity index (χ0) is 26.1. The number of halogens is 1. The molecule has 0 saturated heterocycles. The van der Waals surface area contributed by atoms with Crippen molar-refractivity contribution in [3.05, 3.63) is 90.3 Å². The van der Waals surface area contributed by atoms with E-state index in [2.05, 4.69) is 10.4 Å².